The van der Waals surface area contributed by atoms with Crippen molar-refractivity contribution >= 4 is 17.6 Å². The first kappa shape index (κ1) is 24.6. The highest BCUT2D eigenvalue weighted by atomic mass is 16.2. The van der Waals surface area contributed by atoms with Crippen LogP contribution in [0.4, 0.5) is 0 Å². The van der Waals surface area contributed by atoms with Gasteiger partial charge in [-0.05, 0) is 33.4 Å². The molecular weight excluding hydrogens is 448 g/mol. The first-order valence-corrected chi connectivity index (χ1v) is 11.8. The summed E-state index contributed by atoms with van der Waals surface area (Å²) in [6, 6.07) is 33.0. The van der Waals surface area contributed by atoms with Crippen LogP contribution in [0.25, 0.3) is 22.3 Å². The van der Waals surface area contributed by atoms with Gasteiger partial charge >= 0.3 is 0 Å². The Morgan fingerprint density at radius 2 is 0.778 bits per heavy atom. The minimum absolute atomic E-state index is 0.319. The summed E-state index contributed by atoms with van der Waals surface area (Å²) in [6.45, 7) is 2.75. The van der Waals surface area contributed by atoms with Gasteiger partial charge in [-0.2, -0.15) is 0 Å². The quantitative estimate of drug-likeness (QED) is 0.345. The van der Waals surface area contributed by atoms with Crippen LogP contribution in [0.15, 0.2) is 109 Å². The normalized spacial score (nSPS) is 12.3. The fourth-order valence-corrected chi connectivity index (χ4v) is 4.21. The third-order valence-corrected chi connectivity index (χ3v) is 5.97. The zero-order valence-electron chi connectivity index (χ0n) is 20.3. The minimum atomic E-state index is -0.919. The molecule has 5 nitrogen and oxygen atoms in total. The van der Waals surface area contributed by atoms with E-state index < -0.39 is 12.1 Å². The molecule has 2 N–H and O–H groups in total. The van der Waals surface area contributed by atoms with Gasteiger partial charge in [0.15, 0.2) is 5.78 Å². The van der Waals surface area contributed by atoms with Crippen molar-refractivity contribution in [3.63, 3.8) is 0 Å². The zero-order valence-corrected chi connectivity index (χ0v) is 20.3. The molecule has 0 spiro atoms. The Labute approximate surface area is 211 Å². The summed E-state index contributed by atoms with van der Waals surface area (Å²) in [5, 5.41) is 5.55. The number of amides is 2. The fraction of sp³-hybridized carbons (Fsp3) is 0.129. The maximum absolute atomic E-state index is 13.8. The number of rotatable bonds is 8. The molecule has 0 heterocycles. The minimum Gasteiger partial charge on any atom is -0.342 e. The highest BCUT2D eigenvalue weighted by Gasteiger charge is 2.31. The van der Waals surface area contributed by atoms with Gasteiger partial charge in [0.05, 0.1) is 0 Å². The topological polar surface area (TPSA) is 75.3 Å². The molecule has 4 rings (SSSR count). The lowest BCUT2D eigenvalue weighted by atomic mass is 9.91. The van der Waals surface area contributed by atoms with Crippen molar-refractivity contribution in [2.75, 3.05) is 0 Å². The van der Waals surface area contributed by atoms with Crippen LogP contribution in [0.2, 0.25) is 0 Å². The molecule has 2 amide bonds. The molecular formula is C31H28N2O3. The molecule has 0 aromatic heterocycles. The van der Waals surface area contributed by atoms with Gasteiger partial charge in [0.25, 0.3) is 0 Å². The molecule has 4 aromatic carbocycles. The Bertz CT molecular complexity index is 1230. The molecule has 0 bridgehead atoms. The number of hydrogen-bond donors (Lipinski definition) is 2. The molecule has 180 valence electrons. The number of benzene rings is 4. The maximum Gasteiger partial charge on any atom is 0.217 e. The van der Waals surface area contributed by atoms with Gasteiger partial charge in [0.2, 0.25) is 11.8 Å². The number of nitrogens with one attached hydrogen (secondary N) is 2. The zero-order chi connectivity index (χ0) is 25.5. The predicted molar refractivity (Wildman–Crippen MR) is 142 cm³/mol. The molecule has 5 heteroatoms. The second-order valence-electron chi connectivity index (χ2n) is 8.65. The Kier molecular flexibility index (Phi) is 7.71. The van der Waals surface area contributed by atoms with E-state index in [0.29, 0.717) is 11.1 Å². The van der Waals surface area contributed by atoms with Crippen LogP contribution >= 0.6 is 0 Å². The Balaban J connectivity index is 1.65. The van der Waals surface area contributed by atoms with E-state index in [9.17, 15) is 14.4 Å². The van der Waals surface area contributed by atoms with Crippen molar-refractivity contribution in [3.05, 3.63) is 120 Å². The lowest BCUT2D eigenvalue weighted by Gasteiger charge is -2.24. The summed E-state index contributed by atoms with van der Waals surface area (Å²) in [6.07, 6.45) is 0. The monoisotopic (exact) mass is 476 g/mol. The van der Waals surface area contributed by atoms with E-state index in [1.54, 1.807) is 0 Å². The molecule has 0 fully saturated rings. The smallest absolute Gasteiger partial charge is 0.217 e. The molecule has 4 aromatic rings. The second-order valence-corrected chi connectivity index (χ2v) is 8.65. The molecule has 0 saturated heterocycles. The maximum atomic E-state index is 13.8. The summed E-state index contributed by atoms with van der Waals surface area (Å²) in [5.74, 6) is -0.983. The van der Waals surface area contributed by atoms with Gasteiger partial charge in [-0.25, -0.2) is 0 Å². The van der Waals surface area contributed by atoms with E-state index in [2.05, 4.69) is 10.6 Å². The molecule has 0 radical (unpaired) electrons. The standard InChI is InChI=1S/C31H28N2O3/c1-21(34)32-29(27-17-13-25(14-18-27)23-9-5-3-6-10-23)31(36)30(33-22(2)35)28-19-15-26(16-20-28)24-11-7-4-8-12-24/h3-20,29-30H,1-2H3,(H,32,34)(H,33,35). The van der Waals surface area contributed by atoms with Gasteiger partial charge in [-0.3, -0.25) is 14.4 Å². The molecule has 2 atom stereocenters. The van der Waals surface area contributed by atoms with Crippen molar-refractivity contribution in [2.24, 2.45) is 0 Å². The van der Waals surface area contributed by atoms with Gasteiger partial charge in [-0.1, -0.05) is 109 Å². The van der Waals surface area contributed by atoms with Crippen LogP contribution in [0.5, 0.6) is 0 Å². The van der Waals surface area contributed by atoms with Crippen molar-refractivity contribution < 1.29 is 14.4 Å². The average Bonchev–Trinajstić information content (AvgIpc) is 2.91. The molecule has 0 saturated carbocycles. The molecule has 2 unspecified atom stereocenters. The molecule has 36 heavy (non-hydrogen) atoms. The summed E-state index contributed by atoms with van der Waals surface area (Å²) in [7, 11) is 0. The number of carbonyl (C=O) groups excluding carboxylic acids is 3. The van der Waals surface area contributed by atoms with E-state index in [0.717, 1.165) is 22.3 Å². The van der Waals surface area contributed by atoms with Crippen molar-refractivity contribution in [3.8, 4) is 22.3 Å². The van der Waals surface area contributed by atoms with Gasteiger partial charge in [-0.15, -0.1) is 0 Å². The lowest BCUT2D eigenvalue weighted by molar-refractivity contribution is -0.130. The number of carbonyl (C=O) groups is 3. The summed E-state index contributed by atoms with van der Waals surface area (Å²) in [4.78, 5) is 37.9. The number of Topliss-reactive ketones (excluding diaryl/α,β-unsaturated/α-hetero) is 1. The van der Waals surface area contributed by atoms with Crippen LogP contribution < -0.4 is 10.6 Å². The Morgan fingerprint density at radius 3 is 1.08 bits per heavy atom. The third-order valence-electron chi connectivity index (χ3n) is 5.97. The van der Waals surface area contributed by atoms with Gasteiger partial charge in [0.1, 0.15) is 12.1 Å². The summed E-state index contributed by atoms with van der Waals surface area (Å²) in [5.41, 5.74) is 5.41. The third kappa shape index (κ3) is 5.94. The highest BCUT2D eigenvalue weighted by Crippen LogP contribution is 2.28. The fourth-order valence-electron chi connectivity index (χ4n) is 4.21. The predicted octanol–water partition coefficient (Wildman–Crippen LogP) is 5.64. The SMILES string of the molecule is CC(=O)NC(C(=O)C(NC(C)=O)c1ccc(-c2ccccc2)cc1)c1ccc(-c2ccccc2)cc1. The van der Waals surface area contributed by atoms with Crippen LogP contribution in [0.1, 0.15) is 37.1 Å². The van der Waals surface area contributed by atoms with E-state index >= 15 is 0 Å². The van der Waals surface area contributed by atoms with Crippen molar-refractivity contribution in [1.29, 1.82) is 0 Å². The van der Waals surface area contributed by atoms with Crippen LogP contribution in [0.3, 0.4) is 0 Å². The Hall–Kier alpha value is -4.51. The first-order chi connectivity index (χ1) is 17.4. The first-order valence-electron chi connectivity index (χ1n) is 11.8. The highest BCUT2D eigenvalue weighted by molar-refractivity contribution is 5.96. The van der Waals surface area contributed by atoms with Crippen LogP contribution in [-0.4, -0.2) is 17.6 Å². The molecule has 0 aliphatic carbocycles. The van der Waals surface area contributed by atoms with E-state index in [4.69, 9.17) is 0 Å². The summed E-state index contributed by atoms with van der Waals surface area (Å²) >= 11 is 0. The molecule has 0 aliphatic rings. The van der Waals surface area contributed by atoms with Crippen molar-refractivity contribution in [1.82, 2.24) is 10.6 Å². The van der Waals surface area contributed by atoms with E-state index in [-0.39, 0.29) is 17.6 Å². The lowest BCUT2D eigenvalue weighted by Crippen LogP contribution is -2.41. The van der Waals surface area contributed by atoms with Gasteiger partial charge < -0.3 is 10.6 Å². The van der Waals surface area contributed by atoms with Gasteiger partial charge in [0, 0.05) is 13.8 Å². The van der Waals surface area contributed by atoms with E-state index in [1.807, 2.05) is 109 Å². The summed E-state index contributed by atoms with van der Waals surface area (Å²) < 4.78 is 0. The van der Waals surface area contributed by atoms with Crippen molar-refractivity contribution in [2.45, 2.75) is 25.9 Å². The molecule has 0 aliphatic heterocycles. The van der Waals surface area contributed by atoms with E-state index in [1.165, 1.54) is 13.8 Å². The number of ketones is 1. The Morgan fingerprint density at radius 1 is 0.472 bits per heavy atom. The van der Waals surface area contributed by atoms with Crippen LogP contribution in [-0.2, 0) is 14.4 Å². The largest absolute Gasteiger partial charge is 0.342 e. The second kappa shape index (κ2) is 11.3. The average molecular weight is 477 g/mol. The number of hydrogen-bond acceptors (Lipinski definition) is 3. The van der Waals surface area contributed by atoms with Crippen LogP contribution in [0, 0.1) is 0 Å².